The average Bonchev–Trinajstić information content (AvgIpc) is 2.04. The Morgan fingerprint density at radius 1 is 1.07 bits per heavy atom. The highest BCUT2D eigenvalue weighted by Gasteiger charge is 2.01. The van der Waals surface area contributed by atoms with E-state index in [1.807, 2.05) is 0 Å². The second-order valence-corrected chi connectivity index (χ2v) is 1.66. The number of ether oxygens (including phenoxy) is 2. The first kappa shape index (κ1) is 23.1. The van der Waals surface area contributed by atoms with Gasteiger partial charge in [-0.1, -0.05) is 29.2 Å². The molecule has 0 aromatic heterocycles. The molecule has 0 saturated heterocycles. The molecule has 0 aliphatic heterocycles. The van der Waals surface area contributed by atoms with E-state index in [0.717, 1.165) is 0 Å². The molecular formula is C9H22O5. The van der Waals surface area contributed by atoms with Gasteiger partial charge in [-0.25, -0.2) is 4.79 Å². The summed E-state index contributed by atoms with van der Waals surface area (Å²) in [4.78, 5) is 20.6. The van der Waals surface area contributed by atoms with E-state index in [4.69, 9.17) is 5.11 Å². The Bertz CT molecular complexity index is 128. The zero-order valence-electron chi connectivity index (χ0n) is 6.20. The number of aliphatic hydroxyl groups is 1. The van der Waals surface area contributed by atoms with Crippen LogP contribution in [0.25, 0.3) is 0 Å². The highest BCUT2D eigenvalue weighted by Crippen LogP contribution is 1.85. The first-order valence-corrected chi connectivity index (χ1v) is 3.12. The molecule has 0 saturated carbocycles. The molecule has 14 heavy (non-hydrogen) atoms. The lowest BCUT2D eigenvalue weighted by Crippen LogP contribution is -2.14. The van der Waals surface area contributed by atoms with Crippen LogP contribution in [-0.4, -0.2) is 30.4 Å². The van der Waals surface area contributed by atoms with E-state index in [-0.39, 0.29) is 28.7 Å². The molecule has 0 unspecified atom stereocenters. The maximum atomic E-state index is 10.4. The molecule has 0 fully saturated rings. The molecule has 0 aliphatic carbocycles. The Balaban J connectivity index is -0.000000167. The molecular weight excluding hydrogens is 188 g/mol. The van der Waals surface area contributed by atoms with Crippen LogP contribution in [0.5, 0.6) is 0 Å². The van der Waals surface area contributed by atoms with Crippen LogP contribution in [0, 0.1) is 0 Å². The largest absolute Gasteiger partial charge is 0.428 e. The third-order valence-electron chi connectivity index (χ3n) is 0.858. The molecule has 1 N–H and O–H groups in total. The lowest BCUT2D eigenvalue weighted by molar-refractivity contribution is -0.168. The smallest absolute Gasteiger partial charge is 0.334 e. The van der Waals surface area contributed by atoms with E-state index in [1.165, 1.54) is 0 Å². The molecule has 0 spiro atoms. The minimum absolute atomic E-state index is 0. The van der Waals surface area contributed by atoms with Crippen LogP contribution in [-0.2, 0) is 19.1 Å². The Labute approximate surface area is 86.0 Å². The molecule has 0 amide bonds. The number of hydrogen-bond donors (Lipinski definition) is 1. The topological polar surface area (TPSA) is 72.8 Å². The number of aliphatic hydroxyl groups excluding tert-OH is 1. The third kappa shape index (κ3) is 13.5. The number of carbonyl (C=O) groups is 2. The van der Waals surface area contributed by atoms with E-state index in [2.05, 4.69) is 9.47 Å². The second kappa shape index (κ2) is 14.4. The molecule has 0 heterocycles. The van der Waals surface area contributed by atoms with Gasteiger partial charge in [0, 0.05) is 6.42 Å². The maximum Gasteiger partial charge on any atom is 0.334 e. The summed E-state index contributed by atoms with van der Waals surface area (Å²) in [5.74, 6) is -1.26. The van der Waals surface area contributed by atoms with Crippen LogP contribution in [0.15, 0.2) is 0 Å². The SMILES string of the molecule is C.C.C.CCC(=O)OCOC(=O)CO. The Hall–Kier alpha value is -1.10. The van der Waals surface area contributed by atoms with Crippen LogP contribution in [0.3, 0.4) is 0 Å². The highest BCUT2D eigenvalue weighted by atomic mass is 16.7. The molecule has 0 radical (unpaired) electrons. The van der Waals surface area contributed by atoms with E-state index >= 15 is 0 Å². The number of hydrogen-bond acceptors (Lipinski definition) is 5. The fourth-order valence-electron chi connectivity index (χ4n) is 0.309. The summed E-state index contributed by atoms with van der Waals surface area (Å²) < 4.78 is 8.60. The van der Waals surface area contributed by atoms with Crippen molar-refractivity contribution in [2.75, 3.05) is 13.4 Å². The number of rotatable bonds is 4. The van der Waals surface area contributed by atoms with Crippen LogP contribution < -0.4 is 0 Å². The van der Waals surface area contributed by atoms with Crippen molar-refractivity contribution in [3.05, 3.63) is 0 Å². The van der Waals surface area contributed by atoms with Crippen molar-refractivity contribution in [3.63, 3.8) is 0 Å². The predicted molar refractivity (Wildman–Crippen MR) is 54.6 cm³/mol. The Morgan fingerprint density at radius 3 is 1.86 bits per heavy atom. The van der Waals surface area contributed by atoms with Crippen LogP contribution in [0.1, 0.15) is 35.6 Å². The van der Waals surface area contributed by atoms with Gasteiger partial charge in [0.25, 0.3) is 0 Å². The molecule has 0 aliphatic rings. The van der Waals surface area contributed by atoms with Gasteiger partial charge in [-0.2, -0.15) is 0 Å². The first-order valence-electron chi connectivity index (χ1n) is 3.12. The summed E-state index contributed by atoms with van der Waals surface area (Å²) in [6, 6.07) is 0. The van der Waals surface area contributed by atoms with Gasteiger partial charge in [-0.3, -0.25) is 4.79 Å². The zero-order chi connectivity index (χ0) is 8.69. The Kier molecular flexibility index (Phi) is 23.8. The molecule has 0 rings (SSSR count). The van der Waals surface area contributed by atoms with Gasteiger partial charge in [0.1, 0.15) is 6.61 Å². The van der Waals surface area contributed by atoms with Crippen LogP contribution in [0.2, 0.25) is 0 Å². The summed E-state index contributed by atoms with van der Waals surface area (Å²) in [7, 11) is 0. The Morgan fingerprint density at radius 2 is 1.50 bits per heavy atom. The van der Waals surface area contributed by atoms with Gasteiger partial charge in [0.2, 0.25) is 6.79 Å². The monoisotopic (exact) mass is 210 g/mol. The zero-order valence-corrected chi connectivity index (χ0v) is 6.20. The summed E-state index contributed by atoms with van der Waals surface area (Å²) in [5.41, 5.74) is 0. The summed E-state index contributed by atoms with van der Waals surface area (Å²) >= 11 is 0. The standard InChI is InChI=1S/C6H10O5.3CH4/c1-2-5(8)10-4-11-6(9)3-7;;;/h7H,2-4H2,1H3;3*1H4. The van der Waals surface area contributed by atoms with Crippen molar-refractivity contribution in [1.29, 1.82) is 0 Å². The molecule has 5 heteroatoms. The van der Waals surface area contributed by atoms with Crippen molar-refractivity contribution in [2.45, 2.75) is 35.6 Å². The van der Waals surface area contributed by atoms with Gasteiger partial charge >= 0.3 is 11.9 Å². The van der Waals surface area contributed by atoms with Crippen molar-refractivity contribution < 1.29 is 24.2 Å². The minimum Gasteiger partial charge on any atom is -0.428 e. The van der Waals surface area contributed by atoms with Crippen molar-refractivity contribution in [1.82, 2.24) is 0 Å². The van der Waals surface area contributed by atoms with Gasteiger partial charge in [-0.05, 0) is 0 Å². The van der Waals surface area contributed by atoms with Crippen molar-refractivity contribution in [2.24, 2.45) is 0 Å². The molecule has 0 atom stereocenters. The van der Waals surface area contributed by atoms with E-state index in [1.54, 1.807) is 6.92 Å². The van der Waals surface area contributed by atoms with E-state index in [0.29, 0.717) is 0 Å². The molecule has 0 aromatic rings. The van der Waals surface area contributed by atoms with E-state index < -0.39 is 25.3 Å². The lowest BCUT2D eigenvalue weighted by atomic mass is 10.5. The summed E-state index contributed by atoms with van der Waals surface area (Å²) in [5, 5.41) is 8.14. The molecule has 0 aromatic carbocycles. The number of carbonyl (C=O) groups excluding carboxylic acids is 2. The van der Waals surface area contributed by atoms with Crippen molar-refractivity contribution >= 4 is 11.9 Å². The van der Waals surface area contributed by atoms with Crippen molar-refractivity contribution in [3.8, 4) is 0 Å². The quantitative estimate of drug-likeness (QED) is 0.560. The van der Waals surface area contributed by atoms with Crippen LogP contribution in [0.4, 0.5) is 0 Å². The van der Waals surface area contributed by atoms with Gasteiger partial charge in [0.15, 0.2) is 0 Å². The third-order valence-corrected chi connectivity index (χ3v) is 0.858. The fourth-order valence-corrected chi connectivity index (χ4v) is 0.309. The molecule has 88 valence electrons. The van der Waals surface area contributed by atoms with Gasteiger partial charge in [-0.15, -0.1) is 0 Å². The normalized spacial score (nSPS) is 7.00. The predicted octanol–water partition coefficient (Wildman–Crippen LogP) is 1.34. The van der Waals surface area contributed by atoms with Crippen LogP contribution >= 0.6 is 0 Å². The first-order chi connectivity index (χ1) is 5.20. The van der Waals surface area contributed by atoms with Gasteiger partial charge in [0.05, 0.1) is 0 Å². The average molecular weight is 210 g/mol. The van der Waals surface area contributed by atoms with E-state index in [9.17, 15) is 9.59 Å². The highest BCUT2D eigenvalue weighted by molar-refractivity contribution is 5.71. The summed E-state index contributed by atoms with van der Waals surface area (Å²) in [6.45, 7) is 0.492. The molecule has 0 bridgehead atoms. The van der Waals surface area contributed by atoms with Gasteiger partial charge < -0.3 is 14.6 Å². The summed E-state index contributed by atoms with van der Waals surface area (Å²) in [6.07, 6.45) is 0.233. The fraction of sp³-hybridized carbons (Fsp3) is 0.778. The minimum atomic E-state index is -0.811. The second-order valence-electron chi connectivity index (χ2n) is 1.66. The maximum absolute atomic E-state index is 10.4. The molecule has 5 nitrogen and oxygen atoms in total. The number of esters is 2. The lowest BCUT2D eigenvalue weighted by Gasteiger charge is -2.02.